The van der Waals surface area contributed by atoms with Crippen molar-refractivity contribution in [2.45, 2.75) is 17.8 Å². The lowest BCUT2D eigenvalue weighted by atomic mass is 10.2. The van der Waals surface area contributed by atoms with E-state index >= 15 is 0 Å². The summed E-state index contributed by atoms with van der Waals surface area (Å²) in [7, 11) is 0. The van der Waals surface area contributed by atoms with Crippen molar-refractivity contribution >= 4 is 35.0 Å². The van der Waals surface area contributed by atoms with Gasteiger partial charge in [0.05, 0.1) is 10.8 Å². The first-order chi connectivity index (χ1) is 17.1. The van der Waals surface area contributed by atoms with E-state index in [4.69, 9.17) is 16.0 Å². The van der Waals surface area contributed by atoms with E-state index < -0.39 is 0 Å². The number of aryl methyl sites for hydroxylation is 1. The molecule has 2 aromatic heterocycles. The third-order valence-electron chi connectivity index (χ3n) is 5.18. The fraction of sp³-hybridized carbons (Fsp3) is 0.0769. The van der Waals surface area contributed by atoms with Crippen LogP contribution in [0, 0.1) is 6.92 Å². The molecule has 0 radical (unpaired) electrons. The average Bonchev–Trinajstić information content (AvgIpc) is 3.52. The maximum Gasteiger partial charge on any atom is 0.277 e. The number of thioether (sulfide) groups is 1. The summed E-state index contributed by atoms with van der Waals surface area (Å²) in [4.78, 5) is 16.9. The number of carbonyl (C=O) groups is 1. The van der Waals surface area contributed by atoms with Crippen molar-refractivity contribution in [3.05, 3.63) is 107 Å². The summed E-state index contributed by atoms with van der Waals surface area (Å²) >= 11 is 7.85. The van der Waals surface area contributed by atoms with E-state index in [1.54, 1.807) is 0 Å². The number of anilines is 1. The van der Waals surface area contributed by atoms with Crippen LogP contribution >= 0.6 is 23.4 Å². The Labute approximate surface area is 211 Å². The van der Waals surface area contributed by atoms with Crippen LogP contribution in [0.15, 0.2) is 94.7 Å². The van der Waals surface area contributed by atoms with Crippen LogP contribution in [0.2, 0.25) is 5.02 Å². The molecule has 0 spiro atoms. The summed E-state index contributed by atoms with van der Waals surface area (Å²) in [6, 6.07) is 24.9. The van der Waals surface area contributed by atoms with E-state index in [0.717, 1.165) is 16.8 Å². The second kappa shape index (κ2) is 10.2. The molecule has 5 rings (SSSR count). The number of hydrogen-bond acceptors (Lipinski definition) is 6. The minimum atomic E-state index is -0.331. The van der Waals surface area contributed by atoms with Crippen LogP contribution in [0.25, 0.3) is 17.1 Å². The Morgan fingerprint density at radius 1 is 1.00 bits per heavy atom. The quantitative estimate of drug-likeness (QED) is 0.259. The Hall–Kier alpha value is -3.88. The number of hydrogen-bond donors (Lipinski definition) is 1. The highest BCUT2D eigenvalue weighted by Crippen LogP contribution is 2.32. The number of nitrogens with zero attached hydrogens (tertiary/aromatic N) is 4. The summed E-state index contributed by atoms with van der Waals surface area (Å²) in [6.07, 6.45) is 1.36. The normalized spacial score (nSPS) is 10.9. The Kier molecular flexibility index (Phi) is 6.65. The molecule has 0 atom stereocenters. The van der Waals surface area contributed by atoms with Crippen molar-refractivity contribution in [3.63, 3.8) is 0 Å². The van der Waals surface area contributed by atoms with E-state index in [9.17, 15) is 4.79 Å². The largest absolute Gasteiger partial charge is 0.447 e. The SMILES string of the molecule is Cc1ccc(NC(=O)c2coc(CSc3nnc(-c4ccccc4Cl)n3-c3ccccc3)n2)cc1. The van der Waals surface area contributed by atoms with E-state index in [-0.39, 0.29) is 11.6 Å². The molecular formula is C26H20ClN5O2S. The molecule has 0 unspecified atom stereocenters. The summed E-state index contributed by atoms with van der Waals surface area (Å²) in [5, 5.41) is 12.9. The molecule has 0 aliphatic carbocycles. The van der Waals surface area contributed by atoms with Crippen LogP contribution in [0.1, 0.15) is 21.9 Å². The molecule has 2 heterocycles. The fourth-order valence-corrected chi connectivity index (χ4v) is 4.45. The summed E-state index contributed by atoms with van der Waals surface area (Å²) in [5.74, 6) is 1.08. The Balaban J connectivity index is 1.36. The van der Waals surface area contributed by atoms with E-state index in [1.807, 2.05) is 90.4 Å². The zero-order chi connectivity index (χ0) is 24.2. The van der Waals surface area contributed by atoms with Crippen molar-refractivity contribution in [2.75, 3.05) is 5.32 Å². The standard InChI is InChI=1S/C26H20ClN5O2S/c1-17-11-13-18(14-12-17)28-25(33)22-15-34-23(29-22)16-35-26-31-30-24(20-9-5-6-10-21(20)27)32(26)19-7-3-2-4-8-19/h2-15H,16H2,1H3,(H,28,33). The molecule has 35 heavy (non-hydrogen) atoms. The van der Waals surface area contributed by atoms with E-state index in [1.165, 1.54) is 18.0 Å². The van der Waals surface area contributed by atoms with Crippen LogP contribution in [0.5, 0.6) is 0 Å². The van der Waals surface area contributed by atoms with E-state index in [0.29, 0.717) is 33.3 Å². The average molecular weight is 502 g/mol. The fourth-order valence-electron chi connectivity index (χ4n) is 3.43. The van der Waals surface area contributed by atoms with Gasteiger partial charge >= 0.3 is 0 Å². The van der Waals surface area contributed by atoms with Gasteiger partial charge in [0.25, 0.3) is 5.91 Å². The smallest absolute Gasteiger partial charge is 0.277 e. The van der Waals surface area contributed by atoms with Crippen LogP contribution in [0.4, 0.5) is 5.69 Å². The van der Waals surface area contributed by atoms with Crippen LogP contribution < -0.4 is 5.32 Å². The summed E-state index contributed by atoms with van der Waals surface area (Å²) in [5.41, 5.74) is 3.71. The number of aromatic nitrogens is 4. The molecule has 5 aromatic rings. The number of oxazole rings is 1. The van der Waals surface area contributed by atoms with Crippen molar-refractivity contribution in [1.29, 1.82) is 0 Å². The molecule has 7 nitrogen and oxygen atoms in total. The lowest BCUT2D eigenvalue weighted by Gasteiger charge is -2.10. The van der Waals surface area contributed by atoms with Gasteiger partial charge in [0, 0.05) is 16.9 Å². The van der Waals surface area contributed by atoms with Gasteiger partial charge in [0.15, 0.2) is 16.7 Å². The first-order valence-corrected chi connectivity index (χ1v) is 12.2. The predicted molar refractivity (Wildman–Crippen MR) is 137 cm³/mol. The third-order valence-corrected chi connectivity index (χ3v) is 6.42. The minimum Gasteiger partial charge on any atom is -0.447 e. The molecular weight excluding hydrogens is 482 g/mol. The lowest BCUT2D eigenvalue weighted by molar-refractivity contribution is 0.102. The zero-order valence-corrected chi connectivity index (χ0v) is 20.3. The maximum absolute atomic E-state index is 12.5. The number of nitrogens with one attached hydrogen (secondary N) is 1. The highest BCUT2D eigenvalue weighted by Gasteiger charge is 2.19. The van der Waals surface area contributed by atoms with E-state index in [2.05, 4.69) is 20.5 Å². The van der Waals surface area contributed by atoms with Crippen LogP contribution in [0.3, 0.4) is 0 Å². The second-order valence-electron chi connectivity index (χ2n) is 7.69. The molecule has 174 valence electrons. The highest BCUT2D eigenvalue weighted by molar-refractivity contribution is 7.98. The zero-order valence-electron chi connectivity index (χ0n) is 18.7. The number of benzene rings is 3. The molecule has 0 aliphatic heterocycles. The number of carbonyl (C=O) groups excluding carboxylic acids is 1. The van der Waals surface area contributed by atoms with Gasteiger partial charge in [0.2, 0.25) is 5.89 Å². The molecule has 9 heteroatoms. The van der Waals surface area contributed by atoms with Crippen molar-refractivity contribution in [3.8, 4) is 17.1 Å². The van der Waals surface area contributed by atoms with Crippen molar-refractivity contribution in [1.82, 2.24) is 19.7 Å². The number of rotatable bonds is 7. The van der Waals surface area contributed by atoms with Crippen LogP contribution in [-0.4, -0.2) is 25.7 Å². The second-order valence-corrected chi connectivity index (χ2v) is 9.04. The maximum atomic E-state index is 12.5. The number of amides is 1. The Morgan fingerprint density at radius 3 is 2.51 bits per heavy atom. The first kappa shape index (κ1) is 22.9. The first-order valence-electron chi connectivity index (χ1n) is 10.8. The van der Waals surface area contributed by atoms with Crippen LogP contribution in [-0.2, 0) is 5.75 Å². The molecule has 0 saturated heterocycles. The molecule has 0 saturated carbocycles. The molecule has 0 fully saturated rings. The molecule has 3 aromatic carbocycles. The minimum absolute atomic E-state index is 0.211. The lowest BCUT2D eigenvalue weighted by Crippen LogP contribution is -2.12. The number of halogens is 1. The summed E-state index contributed by atoms with van der Waals surface area (Å²) in [6.45, 7) is 1.99. The van der Waals surface area contributed by atoms with Crippen molar-refractivity contribution < 1.29 is 9.21 Å². The van der Waals surface area contributed by atoms with Gasteiger partial charge in [-0.2, -0.15) is 0 Å². The van der Waals surface area contributed by atoms with Gasteiger partial charge in [-0.15, -0.1) is 10.2 Å². The number of para-hydroxylation sites is 1. The molecule has 1 N–H and O–H groups in total. The summed E-state index contributed by atoms with van der Waals surface area (Å²) < 4.78 is 7.49. The topological polar surface area (TPSA) is 85.8 Å². The van der Waals surface area contributed by atoms with Gasteiger partial charge in [-0.25, -0.2) is 4.98 Å². The predicted octanol–water partition coefficient (Wildman–Crippen LogP) is 6.43. The van der Waals surface area contributed by atoms with Gasteiger partial charge < -0.3 is 9.73 Å². The molecule has 0 bridgehead atoms. The van der Waals surface area contributed by atoms with Gasteiger partial charge in [-0.1, -0.05) is 71.4 Å². The Bertz CT molecular complexity index is 1460. The monoisotopic (exact) mass is 501 g/mol. The van der Waals surface area contributed by atoms with Gasteiger partial charge in [-0.05, 0) is 43.3 Å². The third kappa shape index (κ3) is 5.13. The Morgan fingerprint density at radius 2 is 1.74 bits per heavy atom. The van der Waals surface area contributed by atoms with Gasteiger partial charge in [-0.3, -0.25) is 9.36 Å². The van der Waals surface area contributed by atoms with Crippen molar-refractivity contribution in [2.24, 2.45) is 0 Å². The highest BCUT2D eigenvalue weighted by atomic mass is 35.5. The molecule has 1 amide bonds. The molecule has 0 aliphatic rings. The van der Waals surface area contributed by atoms with Gasteiger partial charge in [0.1, 0.15) is 6.26 Å².